The van der Waals surface area contributed by atoms with Crippen molar-refractivity contribution in [2.45, 2.75) is 32.2 Å². The van der Waals surface area contributed by atoms with Crippen LogP contribution in [0.25, 0.3) is 0 Å². The number of rotatable bonds is 6. The van der Waals surface area contributed by atoms with Crippen LogP contribution in [0.3, 0.4) is 0 Å². The molecule has 7 heteroatoms. The minimum Gasteiger partial charge on any atom is -0.372 e. The van der Waals surface area contributed by atoms with E-state index in [2.05, 4.69) is 10.4 Å². The molecule has 0 saturated carbocycles. The van der Waals surface area contributed by atoms with Gasteiger partial charge in [0, 0.05) is 32.9 Å². The summed E-state index contributed by atoms with van der Waals surface area (Å²) in [7, 11) is 1.58. The number of hydrogen-bond donors (Lipinski definition) is 1. The SMILES string of the molecule is CCCOCC(=O)N1CCC[C@H](n2ccc(C(=O)NC)n2)C1. The summed E-state index contributed by atoms with van der Waals surface area (Å²) in [5.74, 6) is -0.174. The molecule has 1 atom stereocenters. The van der Waals surface area contributed by atoms with Crippen LogP contribution in [0.5, 0.6) is 0 Å². The van der Waals surface area contributed by atoms with Gasteiger partial charge in [-0.05, 0) is 25.3 Å². The monoisotopic (exact) mass is 308 g/mol. The number of likely N-dealkylation sites (tertiary alicyclic amines) is 1. The molecule has 0 bridgehead atoms. The fourth-order valence-corrected chi connectivity index (χ4v) is 2.58. The van der Waals surface area contributed by atoms with Crippen LogP contribution in [-0.2, 0) is 9.53 Å². The first kappa shape index (κ1) is 16.5. The minimum atomic E-state index is -0.199. The second-order valence-corrected chi connectivity index (χ2v) is 5.45. The van der Waals surface area contributed by atoms with Crippen molar-refractivity contribution in [1.82, 2.24) is 20.0 Å². The number of carbonyl (C=O) groups is 2. The molecule has 2 amide bonds. The van der Waals surface area contributed by atoms with Crippen molar-refractivity contribution in [3.05, 3.63) is 18.0 Å². The van der Waals surface area contributed by atoms with Crippen LogP contribution >= 0.6 is 0 Å². The van der Waals surface area contributed by atoms with Gasteiger partial charge < -0.3 is 15.0 Å². The van der Waals surface area contributed by atoms with Crippen LogP contribution in [0.15, 0.2) is 12.3 Å². The Morgan fingerprint density at radius 2 is 2.32 bits per heavy atom. The summed E-state index contributed by atoms with van der Waals surface area (Å²) in [4.78, 5) is 25.5. The Balaban J connectivity index is 1.94. The highest BCUT2D eigenvalue weighted by atomic mass is 16.5. The largest absolute Gasteiger partial charge is 0.372 e. The summed E-state index contributed by atoms with van der Waals surface area (Å²) in [5, 5.41) is 6.87. The number of nitrogens with one attached hydrogen (secondary N) is 1. The normalized spacial score (nSPS) is 18.3. The van der Waals surface area contributed by atoms with Crippen molar-refractivity contribution < 1.29 is 14.3 Å². The molecular weight excluding hydrogens is 284 g/mol. The number of carbonyl (C=O) groups excluding carboxylic acids is 2. The first-order valence-corrected chi connectivity index (χ1v) is 7.78. The van der Waals surface area contributed by atoms with Crippen LogP contribution < -0.4 is 5.32 Å². The van der Waals surface area contributed by atoms with Crippen LogP contribution in [-0.4, -0.2) is 59.8 Å². The molecule has 1 fully saturated rings. The average Bonchev–Trinajstić information content (AvgIpc) is 3.04. The molecule has 1 N–H and O–H groups in total. The molecule has 0 aromatic carbocycles. The van der Waals surface area contributed by atoms with Gasteiger partial charge >= 0.3 is 0 Å². The van der Waals surface area contributed by atoms with Crippen molar-refractivity contribution in [1.29, 1.82) is 0 Å². The topological polar surface area (TPSA) is 76.5 Å². The molecule has 1 saturated heterocycles. The fourth-order valence-electron chi connectivity index (χ4n) is 2.58. The van der Waals surface area contributed by atoms with E-state index in [1.807, 2.05) is 11.8 Å². The third-order valence-corrected chi connectivity index (χ3v) is 3.77. The van der Waals surface area contributed by atoms with E-state index in [1.54, 1.807) is 24.0 Å². The van der Waals surface area contributed by atoms with E-state index >= 15 is 0 Å². The van der Waals surface area contributed by atoms with Crippen LogP contribution in [0.1, 0.15) is 42.7 Å². The van der Waals surface area contributed by atoms with Gasteiger partial charge in [0.1, 0.15) is 12.3 Å². The van der Waals surface area contributed by atoms with Gasteiger partial charge in [0.05, 0.1) is 6.04 Å². The van der Waals surface area contributed by atoms with Gasteiger partial charge in [0.15, 0.2) is 0 Å². The number of hydrogen-bond acceptors (Lipinski definition) is 4. The highest BCUT2D eigenvalue weighted by molar-refractivity contribution is 5.91. The number of amides is 2. The molecule has 0 unspecified atom stereocenters. The number of nitrogens with zero attached hydrogens (tertiary/aromatic N) is 3. The maximum atomic E-state index is 12.1. The molecule has 22 heavy (non-hydrogen) atoms. The molecule has 1 aliphatic heterocycles. The van der Waals surface area contributed by atoms with Crippen LogP contribution in [0.2, 0.25) is 0 Å². The molecular formula is C15H24N4O3. The molecule has 2 rings (SSSR count). The van der Waals surface area contributed by atoms with Gasteiger partial charge in [-0.1, -0.05) is 6.92 Å². The standard InChI is InChI=1S/C15H24N4O3/c1-3-9-22-11-14(20)18-7-4-5-12(10-18)19-8-6-13(17-19)15(21)16-2/h6,8,12H,3-5,7,9-11H2,1-2H3,(H,16,21)/t12-/m0/s1. The summed E-state index contributed by atoms with van der Waals surface area (Å²) in [6.45, 7) is 4.14. The zero-order valence-electron chi connectivity index (χ0n) is 13.2. The van der Waals surface area contributed by atoms with E-state index in [-0.39, 0.29) is 24.5 Å². The Morgan fingerprint density at radius 1 is 1.50 bits per heavy atom. The Bertz CT molecular complexity index is 515. The van der Waals surface area contributed by atoms with Gasteiger partial charge in [0.25, 0.3) is 5.91 Å². The van der Waals surface area contributed by atoms with Crippen LogP contribution in [0.4, 0.5) is 0 Å². The number of aromatic nitrogens is 2. The highest BCUT2D eigenvalue weighted by Gasteiger charge is 2.25. The van der Waals surface area contributed by atoms with Gasteiger partial charge in [0.2, 0.25) is 5.91 Å². The lowest BCUT2D eigenvalue weighted by Crippen LogP contribution is -2.42. The maximum Gasteiger partial charge on any atom is 0.271 e. The van der Waals surface area contributed by atoms with Gasteiger partial charge in [-0.2, -0.15) is 5.10 Å². The Hall–Kier alpha value is -1.89. The molecule has 1 aromatic heterocycles. The molecule has 0 radical (unpaired) electrons. The zero-order valence-corrected chi connectivity index (χ0v) is 13.2. The third kappa shape index (κ3) is 4.07. The molecule has 1 aliphatic rings. The second kappa shape index (κ2) is 7.93. The van der Waals surface area contributed by atoms with Crippen molar-refractivity contribution in [2.75, 3.05) is 33.4 Å². The quantitative estimate of drug-likeness (QED) is 0.790. The third-order valence-electron chi connectivity index (χ3n) is 3.77. The lowest BCUT2D eigenvalue weighted by atomic mass is 10.1. The van der Waals surface area contributed by atoms with Gasteiger partial charge in [-0.25, -0.2) is 0 Å². The Kier molecular flexibility index (Phi) is 5.94. The molecule has 122 valence electrons. The van der Waals surface area contributed by atoms with Crippen LogP contribution in [0, 0.1) is 0 Å². The predicted octanol–water partition coefficient (Wildman–Crippen LogP) is 0.833. The molecule has 0 aliphatic carbocycles. The van der Waals surface area contributed by atoms with E-state index in [4.69, 9.17) is 4.74 Å². The zero-order chi connectivity index (χ0) is 15.9. The summed E-state index contributed by atoms with van der Waals surface area (Å²) >= 11 is 0. The lowest BCUT2D eigenvalue weighted by molar-refractivity contribution is -0.137. The maximum absolute atomic E-state index is 12.1. The van der Waals surface area contributed by atoms with Crippen molar-refractivity contribution in [3.63, 3.8) is 0 Å². The van der Waals surface area contributed by atoms with Crippen molar-refractivity contribution >= 4 is 11.8 Å². The van der Waals surface area contributed by atoms with E-state index in [9.17, 15) is 9.59 Å². The Morgan fingerprint density at radius 3 is 3.05 bits per heavy atom. The average molecular weight is 308 g/mol. The molecule has 1 aromatic rings. The second-order valence-electron chi connectivity index (χ2n) is 5.45. The molecule has 2 heterocycles. The van der Waals surface area contributed by atoms with E-state index < -0.39 is 0 Å². The fraction of sp³-hybridized carbons (Fsp3) is 0.667. The number of ether oxygens (including phenoxy) is 1. The van der Waals surface area contributed by atoms with Gasteiger partial charge in [-0.3, -0.25) is 14.3 Å². The summed E-state index contributed by atoms with van der Waals surface area (Å²) in [6.07, 6.45) is 4.59. The molecule has 0 spiro atoms. The summed E-state index contributed by atoms with van der Waals surface area (Å²) < 4.78 is 7.11. The summed E-state index contributed by atoms with van der Waals surface area (Å²) in [5.41, 5.74) is 0.400. The first-order chi connectivity index (χ1) is 10.7. The van der Waals surface area contributed by atoms with Crippen molar-refractivity contribution in [2.24, 2.45) is 0 Å². The smallest absolute Gasteiger partial charge is 0.271 e. The number of piperidine rings is 1. The molecule has 7 nitrogen and oxygen atoms in total. The minimum absolute atomic E-state index is 0.0248. The van der Waals surface area contributed by atoms with Gasteiger partial charge in [-0.15, -0.1) is 0 Å². The van der Waals surface area contributed by atoms with E-state index in [1.165, 1.54) is 0 Å². The van der Waals surface area contributed by atoms with E-state index in [0.717, 1.165) is 25.8 Å². The predicted molar refractivity (Wildman–Crippen MR) is 81.6 cm³/mol. The summed E-state index contributed by atoms with van der Waals surface area (Å²) in [6, 6.07) is 1.81. The van der Waals surface area contributed by atoms with Crippen molar-refractivity contribution in [3.8, 4) is 0 Å². The first-order valence-electron chi connectivity index (χ1n) is 7.78. The Labute approximate surface area is 130 Å². The lowest BCUT2D eigenvalue weighted by Gasteiger charge is -2.32. The van der Waals surface area contributed by atoms with E-state index in [0.29, 0.717) is 18.8 Å². The highest BCUT2D eigenvalue weighted by Crippen LogP contribution is 2.21.